The molecule has 0 bridgehead atoms. The molecule has 9 heteroatoms. The topological polar surface area (TPSA) is 93.8 Å². The Labute approximate surface area is 151 Å². The minimum atomic E-state index is -0.136. The van der Waals surface area contributed by atoms with Crippen molar-refractivity contribution in [3.05, 3.63) is 30.2 Å². The predicted molar refractivity (Wildman–Crippen MR) is 97.0 cm³/mol. The van der Waals surface area contributed by atoms with E-state index in [1.54, 1.807) is 28.0 Å². The lowest BCUT2D eigenvalue weighted by Gasteiger charge is -2.34. The van der Waals surface area contributed by atoms with Crippen molar-refractivity contribution in [1.82, 2.24) is 34.6 Å². The van der Waals surface area contributed by atoms with Crippen LogP contribution in [-0.4, -0.2) is 54.3 Å². The summed E-state index contributed by atoms with van der Waals surface area (Å²) in [7, 11) is 3.73. The first-order chi connectivity index (χ1) is 12.5. The summed E-state index contributed by atoms with van der Waals surface area (Å²) in [5, 5.41) is 8.34. The predicted octanol–water partition coefficient (Wildman–Crippen LogP) is 0.804. The van der Waals surface area contributed by atoms with Gasteiger partial charge in [0.05, 0.1) is 17.9 Å². The Kier molecular flexibility index (Phi) is 4.06. The zero-order chi connectivity index (χ0) is 18.3. The number of nitrogens with zero attached hydrogens (tertiary/aromatic N) is 7. The van der Waals surface area contributed by atoms with Crippen LogP contribution in [0.15, 0.2) is 18.7 Å². The van der Waals surface area contributed by atoms with Crippen LogP contribution in [0.1, 0.15) is 29.2 Å². The second-order valence-corrected chi connectivity index (χ2v) is 6.78. The summed E-state index contributed by atoms with van der Waals surface area (Å²) < 4.78 is 3.53. The number of anilines is 1. The summed E-state index contributed by atoms with van der Waals surface area (Å²) in [4.78, 5) is 27.9. The molecular formula is C17H22N8O. The van der Waals surface area contributed by atoms with Crippen LogP contribution >= 0.6 is 0 Å². The van der Waals surface area contributed by atoms with Crippen molar-refractivity contribution in [3.63, 3.8) is 0 Å². The molecule has 0 saturated carbocycles. The van der Waals surface area contributed by atoms with Crippen molar-refractivity contribution in [2.45, 2.75) is 25.8 Å². The van der Waals surface area contributed by atoms with Crippen LogP contribution < -0.4 is 10.2 Å². The maximum Gasteiger partial charge on any atom is 0.271 e. The fourth-order valence-electron chi connectivity index (χ4n) is 3.43. The number of carbonyl (C=O) groups is 1. The minimum absolute atomic E-state index is 0.0558. The summed E-state index contributed by atoms with van der Waals surface area (Å²) in [6.07, 6.45) is 7.08. The van der Waals surface area contributed by atoms with Crippen molar-refractivity contribution in [2.24, 2.45) is 14.1 Å². The molecule has 3 aromatic heterocycles. The molecule has 1 unspecified atom stereocenters. The van der Waals surface area contributed by atoms with Gasteiger partial charge in [-0.15, -0.1) is 0 Å². The van der Waals surface area contributed by atoms with Crippen LogP contribution in [0.3, 0.4) is 0 Å². The van der Waals surface area contributed by atoms with Gasteiger partial charge in [-0.25, -0.2) is 15.0 Å². The number of amides is 1. The summed E-state index contributed by atoms with van der Waals surface area (Å²) in [5.74, 6) is 1.47. The lowest BCUT2D eigenvalue weighted by molar-refractivity contribution is 0.0928. The molecule has 136 valence electrons. The molecule has 9 nitrogen and oxygen atoms in total. The largest absolute Gasteiger partial charge is 0.354 e. The van der Waals surface area contributed by atoms with E-state index in [0.717, 1.165) is 42.1 Å². The van der Waals surface area contributed by atoms with Crippen molar-refractivity contribution in [3.8, 4) is 0 Å². The van der Waals surface area contributed by atoms with E-state index < -0.39 is 0 Å². The third-order valence-corrected chi connectivity index (χ3v) is 4.68. The molecule has 1 atom stereocenters. The number of rotatable bonds is 3. The van der Waals surface area contributed by atoms with Crippen LogP contribution in [0.2, 0.25) is 0 Å². The van der Waals surface area contributed by atoms with E-state index in [1.165, 1.54) is 0 Å². The molecule has 0 radical (unpaired) electrons. The van der Waals surface area contributed by atoms with E-state index in [0.29, 0.717) is 12.2 Å². The van der Waals surface area contributed by atoms with Gasteiger partial charge in [0.1, 0.15) is 17.3 Å². The molecule has 3 aromatic rings. The summed E-state index contributed by atoms with van der Waals surface area (Å²) >= 11 is 0. The highest BCUT2D eigenvalue weighted by Crippen LogP contribution is 2.26. The number of piperidine rings is 1. The Morgan fingerprint density at radius 3 is 2.92 bits per heavy atom. The van der Waals surface area contributed by atoms with Crippen molar-refractivity contribution in [2.75, 3.05) is 18.0 Å². The first-order valence-electron chi connectivity index (χ1n) is 8.71. The Balaban J connectivity index is 1.55. The molecule has 1 N–H and O–H groups in total. The lowest BCUT2D eigenvalue weighted by atomic mass is 10.1. The van der Waals surface area contributed by atoms with Crippen LogP contribution in [0.4, 0.5) is 5.82 Å². The molecule has 1 aliphatic rings. The molecule has 4 heterocycles. The van der Waals surface area contributed by atoms with Gasteiger partial charge in [0.25, 0.3) is 5.91 Å². The van der Waals surface area contributed by atoms with Crippen LogP contribution in [0, 0.1) is 6.92 Å². The average molecular weight is 354 g/mol. The summed E-state index contributed by atoms with van der Waals surface area (Å²) in [6.45, 7) is 3.50. The number of hydrogen-bond acceptors (Lipinski definition) is 6. The van der Waals surface area contributed by atoms with Gasteiger partial charge in [0.15, 0.2) is 5.65 Å². The van der Waals surface area contributed by atoms with Gasteiger partial charge in [-0.1, -0.05) is 0 Å². The SMILES string of the molecule is Cc1nc(N2CCCC(NC(=O)c3cn(C)cn3)C2)c2cnn(C)c2n1. The van der Waals surface area contributed by atoms with E-state index >= 15 is 0 Å². The zero-order valence-electron chi connectivity index (χ0n) is 15.2. The number of nitrogens with one attached hydrogen (secondary N) is 1. The van der Waals surface area contributed by atoms with Crippen LogP contribution in [-0.2, 0) is 14.1 Å². The molecule has 0 spiro atoms. The average Bonchev–Trinajstić information content (AvgIpc) is 3.21. The fourth-order valence-corrected chi connectivity index (χ4v) is 3.43. The molecule has 1 fully saturated rings. The van der Waals surface area contributed by atoms with Crippen LogP contribution in [0.5, 0.6) is 0 Å². The van der Waals surface area contributed by atoms with Gasteiger partial charge in [0, 0.05) is 39.4 Å². The van der Waals surface area contributed by atoms with Crippen LogP contribution in [0.25, 0.3) is 11.0 Å². The molecule has 4 rings (SSSR count). The number of fused-ring (bicyclic) bond motifs is 1. The second kappa shape index (κ2) is 6.40. The van der Waals surface area contributed by atoms with E-state index in [-0.39, 0.29) is 11.9 Å². The van der Waals surface area contributed by atoms with Gasteiger partial charge in [-0.2, -0.15) is 5.10 Å². The monoisotopic (exact) mass is 354 g/mol. The van der Waals surface area contributed by atoms with Crippen molar-refractivity contribution in [1.29, 1.82) is 0 Å². The molecule has 1 aliphatic heterocycles. The zero-order valence-corrected chi connectivity index (χ0v) is 15.2. The normalized spacial score (nSPS) is 17.7. The van der Waals surface area contributed by atoms with E-state index in [4.69, 9.17) is 0 Å². The maximum atomic E-state index is 12.4. The van der Waals surface area contributed by atoms with Crippen molar-refractivity contribution < 1.29 is 4.79 Å². The molecule has 1 amide bonds. The van der Waals surface area contributed by atoms with Gasteiger partial charge >= 0.3 is 0 Å². The van der Waals surface area contributed by atoms with E-state index in [1.807, 2.05) is 21.0 Å². The Hall–Kier alpha value is -2.97. The first-order valence-corrected chi connectivity index (χ1v) is 8.71. The number of aryl methyl sites for hydroxylation is 3. The smallest absolute Gasteiger partial charge is 0.271 e. The standard InChI is InChI=1S/C17H22N8O/c1-11-20-15-13(7-19-24(15)3)16(21-11)25-6-4-5-12(8-25)22-17(26)14-9-23(2)10-18-14/h7,9-10,12H,4-6,8H2,1-3H3,(H,22,26). The van der Waals surface area contributed by atoms with E-state index in [2.05, 4.69) is 30.3 Å². The second-order valence-electron chi connectivity index (χ2n) is 6.78. The van der Waals surface area contributed by atoms with Gasteiger partial charge in [-0.05, 0) is 19.8 Å². The number of imidazole rings is 1. The summed E-state index contributed by atoms with van der Waals surface area (Å²) in [6, 6.07) is 0.0558. The maximum absolute atomic E-state index is 12.4. The van der Waals surface area contributed by atoms with Gasteiger partial charge < -0.3 is 14.8 Å². The minimum Gasteiger partial charge on any atom is -0.354 e. The molecule has 1 saturated heterocycles. The highest BCUT2D eigenvalue weighted by molar-refractivity contribution is 5.92. The number of aromatic nitrogens is 6. The highest BCUT2D eigenvalue weighted by atomic mass is 16.2. The quantitative estimate of drug-likeness (QED) is 0.748. The van der Waals surface area contributed by atoms with Gasteiger partial charge in [0.2, 0.25) is 0 Å². The van der Waals surface area contributed by atoms with Crippen molar-refractivity contribution >= 4 is 22.8 Å². The lowest BCUT2D eigenvalue weighted by Crippen LogP contribution is -2.48. The molecule has 0 aromatic carbocycles. The Morgan fingerprint density at radius 2 is 2.15 bits per heavy atom. The molecule has 26 heavy (non-hydrogen) atoms. The first kappa shape index (κ1) is 16.5. The molecule has 0 aliphatic carbocycles. The van der Waals surface area contributed by atoms with Gasteiger partial charge in [-0.3, -0.25) is 9.48 Å². The number of hydrogen-bond donors (Lipinski definition) is 1. The fraction of sp³-hybridized carbons (Fsp3) is 0.471. The third-order valence-electron chi connectivity index (χ3n) is 4.68. The van der Waals surface area contributed by atoms with E-state index in [9.17, 15) is 4.79 Å². The summed E-state index contributed by atoms with van der Waals surface area (Å²) in [5.41, 5.74) is 1.27. The Bertz CT molecular complexity index is 959. The third kappa shape index (κ3) is 3.00. The molecular weight excluding hydrogens is 332 g/mol. The highest BCUT2D eigenvalue weighted by Gasteiger charge is 2.25. The number of carbonyl (C=O) groups excluding carboxylic acids is 1. The Morgan fingerprint density at radius 1 is 1.31 bits per heavy atom.